The van der Waals surface area contributed by atoms with Gasteiger partial charge >= 0.3 is 7.75 Å². The molecule has 0 saturated carbocycles. The van der Waals surface area contributed by atoms with Crippen molar-refractivity contribution in [2.45, 2.75) is 39.9 Å². The smallest absolute Gasteiger partial charge is 0.365 e. The number of thiocarbonyl (C=S) groups is 1. The summed E-state index contributed by atoms with van der Waals surface area (Å²) in [7, 11) is -1.73. The van der Waals surface area contributed by atoms with E-state index in [2.05, 4.69) is 10.4 Å². The Labute approximate surface area is 96.5 Å². The molecule has 0 atom stereocenters. The molecule has 0 radical (unpaired) electrons. The Bertz CT molecular complexity index is 244. The molecule has 0 aliphatic heterocycles. The van der Waals surface area contributed by atoms with Crippen LogP contribution in [0.4, 0.5) is 0 Å². The van der Waals surface area contributed by atoms with Crippen LogP contribution >= 0.6 is 20.0 Å². The molecular weight excluding hydrogens is 235 g/mol. The van der Waals surface area contributed by atoms with E-state index < -0.39 is 7.75 Å². The minimum Gasteiger partial charge on any atom is -0.365 e. The Balaban J connectivity index is 4.55. The number of nitrogens with one attached hydrogen (secondary N) is 2. The van der Waals surface area contributed by atoms with Crippen molar-refractivity contribution in [2.24, 2.45) is 0 Å². The molecule has 0 aromatic heterocycles. The van der Waals surface area contributed by atoms with Gasteiger partial charge in [-0.05, 0) is 39.9 Å². The summed E-state index contributed by atoms with van der Waals surface area (Å²) in [6.45, 7) is 7.11. The van der Waals surface area contributed by atoms with E-state index in [4.69, 9.17) is 21.3 Å². The maximum atomic E-state index is 12.1. The van der Waals surface area contributed by atoms with Gasteiger partial charge < -0.3 is 5.32 Å². The first-order valence-corrected chi connectivity index (χ1v) is 6.71. The van der Waals surface area contributed by atoms with Crippen molar-refractivity contribution < 1.29 is 13.6 Å². The molecule has 0 aromatic carbocycles. The quantitative estimate of drug-likeness (QED) is 0.578. The van der Waals surface area contributed by atoms with Crippen molar-refractivity contribution in [3.05, 3.63) is 0 Å². The zero-order chi connectivity index (χ0) is 12.1. The molecule has 2 N–H and O–H groups in total. The molecule has 0 saturated heterocycles. The predicted octanol–water partition coefficient (Wildman–Crippen LogP) is 2.04. The number of hydrogen-bond acceptors (Lipinski definition) is 4. The topological polar surface area (TPSA) is 59.6 Å². The summed E-state index contributed by atoms with van der Waals surface area (Å²) in [4.78, 5) is 0. The fraction of sp³-hybridized carbons (Fsp3) is 0.875. The van der Waals surface area contributed by atoms with Crippen molar-refractivity contribution in [3.8, 4) is 0 Å². The molecule has 15 heavy (non-hydrogen) atoms. The second-order valence-electron chi connectivity index (χ2n) is 3.50. The van der Waals surface area contributed by atoms with Crippen molar-refractivity contribution in [1.29, 1.82) is 0 Å². The highest BCUT2D eigenvalue weighted by Gasteiger charge is 2.28. The first-order chi connectivity index (χ1) is 6.79. The van der Waals surface area contributed by atoms with Gasteiger partial charge in [-0.25, -0.2) is 4.57 Å². The molecule has 0 fully saturated rings. The molecule has 0 aliphatic carbocycles. The lowest BCUT2D eigenvalue weighted by Gasteiger charge is -2.23. The molecule has 7 heteroatoms. The first-order valence-electron chi connectivity index (χ1n) is 4.76. The Hall–Kier alpha value is -0.160. The maximum Gasteiger partial charge on any atom is 0.434 e. The lowest BCUT2D eigenvalue weighted by molar-refractivity contribution is 0.139. The van der Waals surface area contributed by atoms with Crippen LogP contribution in [0.2, 0.25) is 0 Å². The Kier molecular flexibility index (Phi) is 6.36. The normalized spacial score (nSPS) is 11.9. The van der Waals surface area contributed by atoms with Crippen LogP contribution in [0.25, 0.3) is 0 Å². The van der Waals surface area contributed by atoms with Crippen LogP contribution in [-0.2, 0) is 13.6 Å². The fourth-order valence-electron chi connectivity index (χ4n) is 0.813. The van der Waals surface area contributed by atoms with Crippen LogP contribution in [-0.4, -0.2) is 24.4 Å². The lowest BCUT2D eigenvalue weighted by Crippen LogP contribution is -2.32. The Morgan fingerprint density at radius 3 is 1.87 bits per heavy atom. The van der Waals surface area contributed by atoms with E-state index >= 15 is 0 Å². The van der Waals surface area contributed by atoms with Crippen LogP contribution in [0.15, 0.2) is 0 Å². The first kappa shape index (κ1) is 14.8. The molecule has 0 heterocycles. The summed E-state index contributed by atoms with van der Waals surface area (Å²) < 4.78 is 22.6. The third kappa shape index (κ3) is 6.84. The van der Waals surface area contributed by atoms with E-state index in [1.54, 1.807) is 34.7 Å². The number of hydrogen-bond donors (Lipinski definition) is 2. The average molecular weight is 254 g/mol. The van der Waals surface area contributed by atoms with E-state index in [0.29, 0.717) is 0 Å². The summed E-state index contributed by atoms with van der Waals surface area (Å²) >= 11 is 4.85. The second kappa shape index (κ2) is 6.43. The third-order valence-electron chi connectivity index (χ3n) is 1.16. The molecule has 5 nitrogen and oxygen atoms in total. The minimum absolute atomic E-state index is 0.207. The van der Waals surface area contributed by atoms with Gasteiger partial charge in [-0.2, -0.15) is 0 Å². The van der Waals surface area contributed by atoms with Crippen LogP contribution in [0, 0.1) is 0 Å². The van der Waals surface area contributed by atoms with Gasteiger partial charge in [0, 0.05) is 7.05 Å². The van der Waals surface area contributed by atoms with E-state index in [1.807, 2.05) is 0 Å². The molecule has 0 aliphatic rings. The number of rotatable bonds is 5. The molecule has 0 spiro atoms. The van der Waals surface area contributed by atoms with E-state index in [-0.39, 0.29) is 17.3 Å². The second-order valence-corrected chi connectivity index (χ2v) is 5.55. The van der Waals surface area contributed by atoms with Gasteiger partial charge in [-0.3, -0.25) is 14.1 Å². The largest absolute Gasteiger partial charge is 0.434 e. The van der Waals surface area contributed by atoms with E-state index in [0.717, 1.165) is 0 Å². The summed E-state index contributed by atoms with van der Waals surface area (Å²) in [5, 5.41) is 5.43. The van der Waals surface area contributed by atoms with Crippen molar-refractivity contribution in [3.63, 3.8) is 0 Å². The van der Waals surface area contributed by atoms with E-state index in [9.17, 15) is 4.57 Å². The van der Waals surface area contributed by atoms with Gasteiger partial charge in [0.05, 0.1) is 12.2 Å². The van der Waals surface area contributed by atoms with Gasteiger partial charge in [0.2, 0.25) is 0 Å². The average Bonchev–Trinajstić information content (AvgIpc) is 1.99. The van der Waals surface area contributed by atoms with Crippen molar-refractivity contribution >= 4 is 25.1 Å². The van der Waals surface area contributed by atoms with Gasteiger partial charge in [-0.1, -0.05) is 0 Å². The standard InChI is InChI=1S/C8H19N2O3PS/c1-6(2)12-14(11,13-7(3)4)10-8(15)9-5/h6-7H,1-5H3,(H2,9,10,11,15). The summed E-state index contributed by atoms with van der Waals surface area (Å²) in [5.74, 6) is 0. The van der Waals surface area contributed by atoms with E-state index in [1.165, 1.54) is 0 Å². The summed E-state index contributed by atoms with van der Waals surface area (Å²) in [6, 6.07) is 0. The highest BCUT2D eigenvalue weighted by Crippen LogP contribution is 2.45. The van der Waals surface area contributed by atoms with Gasteiger partial charge in [0.15, 0.2) is 5.11 Å². The highest BCUT2D eigenvalue weighted by molar-refractivity contribution is 7.81. The zero-order valence-electron chi connectivity index (χ0n) is 9.73. The lowest BCUT2D eigenvalue weighted by atomic mass is 10.5. The zero-order valence-corrected chi connectivity index (χ0v) is 11.4. The Morgan fingerprint density at radius 2 is 1.60 bits per heavy atom. The highest BCUT2D eigenvalue weighted by atomic mass is 32.1. The maximum absolute atomic E-state index is 12.1. The van der Waals surface area contributed by atoms with Gasteiger partial charge in [0.1, 0.15) is 0 Å². The van der Waals surface area contributed by atoms with Gasteiger partial charge in [-0.15, -0.1) is 0 Å². The van der Waals surface area contributed by atoms with Crippen LogP contribution in [0.5, 0.6) is 0 Å². The monoisotopic (exact) mass is 254 g/mol. The summed E-state index contributed by atoms with van der Waals surface area (Å²) in [5.41, 5.74) is 0. The third-order valence-corrected chi connectivity index (χ3v) is 3.52. The Morgan fingerprint density at radius 1 is 1.20 bits per heavy atom. The fourth-order valence-corrected chi connectivity index (χ4v) is 2.77. The predicted molar refractivity (Wildman–Crippen MR) is 64.8 cm³/mol. The van der Waals surface area contributed by atoms with Crippen LogP contribution < -0.4 is 10.4 Å². The SMILES string of the molecule is CNC(=S)NP(=O)(OC(C)C)OC(C)C. The molecule has 90 valence electrons. The van der Waals surface area contributed by atoms with Gasteiger partial charge in [0.25, 0.3) is 0 Å². The van der Waals surface area contributed by atoms with Crippen LogP contribution in [0.1, 0.15) is 27.7 Å². The summed E-state index contributed by atoms with van der Waals surface area (Å²) in [6.07, 6.45) is -0.413. The van der Waals surface area contributed by atoms with Crippen LogP contribution in [0.3, 0.4) is 0 Å². The molecule has 0 aromatic rings. The molecule has 0 bridgehead atoms. The minimum atomic E-state index is -3.36. The molecular formula is C8H19N2O3PS. The molecule has 0 rings (SSSR count). The van der Waals surface area contributed by atoms with Crippen molar-refractivity contribution in [2.75, 3.05) is 7.05 Å². The van der Waals surface area contributed by atoms with Crippen molar-refractivity contribution in [1.82, 2.24) is 10.4 Å². The molecule has 0 unspecified atom stereocenters. The molecule has 0 amide bonds.